The van der Waals surface area contributed by atoms with E-state index in [0.29, 0.717) is 0 Å². The van der Waals surface area contributed by atoms with E-state index >= 15 is 0 Å². The lowest BCUT2D eigenvalue weighted by Crippen LogP contribution is -2.42. The summed E-state index contributed by atoms with van der Waals surface area (Å²) in [6.07, 6.45) is 1.07. The molecule has 1 amide bonds. The summed E-state index contributed by atoms with van der Waals surface area (Å²) in [5.74, 6) is -1.11. The minimum Gasteiger partial charge on any atom is -0.350 e. The molecule has 0 saturated carbocycles. The Morgan fingerprint density at radius 1 is 1.32 bits per heavy atom. The molecule has 0 spiro atoms. The molecule has 0 fully saturated rings. The molecule has 7 heteroatoms. The zero-order chi connectivity index (χ0) is 16.3. The van der Waals surface area contributed by atoms with Gasteiger partial charge in [-0.3, -0.25) is 14.2 Å². The van der Waals surface area contributed by atoms with Gasteiger partial charge in [0.15, 0.2) is 0 Å². The average Bonchev–Trinajstić information content (AvgIpc) is 2.44. The predicted octanol–water partition coefficient (Wildman–Crippen LogP) is 0.862. The van der Waals surface area contributed by atoms with Crippen molar-refractivity contribution < 1.29 is 9.18 Å². The Labute approximate surface area is 125 Å². The minimum absolute atomic E-state index is 0.154. The lowest BCUT2D eigenvalue weighted by Gasteiger charge is -2.10. The van der Waals surface area contributed by atoms with E-state index in [1.807, 2.05) is 0 Å². The number of nitrogens with zero attached hydrogens (tertiary/aromatic N) is 1. The number of carbonyl (C=O) groups is 1. The second kappa shape index (κ2) is 6.38. The maximum atomic E-state index is 13.7. The van der Waals surface area contributed by atoms with Gasteiger partial charge in [-0.1, -0.05) is 18.2 Å². The summed E-state index contributed by atoms with van der Waals surface area (Å²) in [6, 6.07) is 5.68. The molecule has 1 heterocycles. The molecule has 0 unspecified atom stereocenters. The SMILES string of the molecule is CC(C)NC(=O)c1c[nH]c(=O)n(Cc2ccccc2F)c1=O. The number of hydrogen-bond donors (Lipinski definition) is 2. The van der Waals surface area contributed by atoms with Gasteiger partial charge in [-0.15, -0.1) is 0 Å². The van der Waals surface area contributed by atoms with Gasteiger partial charge >= 0.3 is 5.69 Å². The lowest BCUT2D eigenvalue weighted by molar-refractivity contribution is 0.0940. The van der Waals surface area contributed by atoms with Crippen molar-refractivity contribution in [3.05, 3.63) is 68.2 Å². The number of carbonyl (C=O) groups excluding carboxylic acids is 1. The van der Waals surface area contributed by atoms with E-state index in [1.165, 1.54) is 18.2 Å². The third-order valence-electron chi connectivity index (χ3n) is 3.01. The fraction of sp³-hybridized carbons (Fsp3) is 0.267. The van der Waals surface area contributed by atoms with Crippen LogP contribution in [0.4, 0.5) is 4.39 Å². The summed E-state index contributed by atoms with van der Waals surface area (Å²) in [5.41, 5.74) is -1.46. The van der Waals surface area contributed by atoms with Gasteiger partial charge in [0.1, 0.15) is 11.4 Å². The molecule has 0 bridgehead atoms. The van der Waals surface area contributed by atoms with Crippen LogP contribution in [0, 0.1) is 5.82 Å². The van der Waals surface area contributed by atoms with Crippen LogP contribution in [0.25, 0.3) is 0 Å². The summed E-state index contributed by atoms with van der Waals surface area (Å²) >= 11 is 0. The van der Waals surface area contributed by atoms with Crippen LogP contribution in [0.2, 0.25) is 0 Å². The van der Waals surface area contributed by atoms with Crippen molar-refractivity contribution in [3.63, 3.8) is 0 Å². The van der Waals surface area contributed by atoms with Crippen molar-refractivity contribution in [3.8, 4) is 0 Å². The molecule has 0 aliphatic heterocycles. The molecule has 2 rings (SSSR count). The number of rotatable bonds is 4. The molecule has 0 aliphatic carbocycles. The van der Waals surface area contributed by atoms with Crippen LogP contribution in [-0.4, -0.2) is 21.5 Å². The standard InChI is InChI=1S/C15H16FN3O3/c1-9(2)18-13(20)11-7-17-15(22)19(14(11)21)8-10-5-3-4-6-12(10)16/h3-7,9H,8H2,1-2H3,(H,17,22)(H,18,20). The van der Waals surface area contributed by atoms with Crippen LogP contribution in [-0.2, 0) is 6.54 Å². The molecule has 1 aromatic heterocycles. The molecule has 22 heavy (non-hydrogen) atoms. The lowest BCUT2D eigenvalue weighted by atomic mass is 10.2. The number of nitrogens with one attached hydrogen (secondary N) is 2. The quantitative estimate of drug-likeness (QED) is 0.879. The maximum Gasteiger partial charge on any atom is 0.328 e. The monoisotopic (exact) mass is 305 g/mol. The molecular weight excluding hydrogens is 289 g/mol. The summed E-state index contributed by atoms with van der Waals surface area (Å²) in [5, 5.41) is 2.57. The largest absolute Gasteiger partial charge is 0.350 e. The maximum absolute atomic E-state index is 13.7. The Balaban J connectivity index is 2.45. The van der Waals surface area contributed by atoms with Gasteiger partial charge in [-0.25, -0.2) is 9.18 Å². The van der Waals surface area contributed by atoms with Crippen molar-refractivity contribution in [1.29, 1.82) is 0 Å². The number of amides is 1. The normalized spacial score (nSPS) is 10.7. The average molecular weight is 305 g/mol. The molecule has 0 radical (unpaired) electrons. The minimum atomic E-state index is -0.759. The molecule has 0 aliphatic rings. The smallest absolute Gasteiger partial charge is 0.328 e. The second-order valence-corrected chi connectivity index (χ2v) is 5.12. The molecule has 1 aromatic carbocycles. The Bertz CT molecular complexity index is 808. The van der Waals surface area contributed by atoms with E-state index in [-0.39, 0.29) is 23.7 Å². The molecular formula is C15H16FN3O3. The van der Waals surface area contributed by atoms with E-state index in [1.54, 1.807) is 19.9 Å². The second-order valence-electron chi connectivity index (χ2n) is 5.12. The van der Waals surface area contributed by atoms with Gasteiger partial charge in [-0.05, 0) is 19.9 Å². The molecule has 0 saturated heterocycles. The molecule has 2 aromatic rings. The summed E-state index contributed by atoms with van der Waals surface area (Å²) < 4.78 is 14.5. The van der Waals surface area contributed by atoms with Gasteiger partial charge in [0.25, 0.3) is 11.5 Å². The number of H-pyrrole nitrogens is 1. The Morgan fingerprint density at radius 3 is 2.64 bits per heavy atom. The van der Waals surface area contributed by atoms with Crippen LogP contribution >= 0.6 is 0 Å². The van der Waals surface area contributed by atoms with E-state index in [4.69, 9.17) is 0 Å². The van der Waals surface area contributed by atoms with Crippen molar-refractivity contribution in [2.45, 2.75) is 26.4 Å². The topological polar surface area (TPSA) is 84.0 Å². The summed E-state index contributed by atoms with van der Waals surface area (Å²) in [6.45, 7) is 3.26. The van der Waals surface area contributed by atoms with Crippen molar-refractivity contribution in [2.75, 3.05) is 0 Å². The first kappa shape index (κ1) is 15.7. The first-order valence-electron chi connectivity index (χ1n) is 6.77. The Hall–Kier alpha value is -2.70. The van der Waals surface area contributed by atoms with Gasteiger partial charge in [0.05, 0.1) is 6.54 Å². The fourth-order valence-corrected chi connectivity index (χ4v) is 1.95. The highest BCUT2D eigenvalue weighted by Gasteiger charge is 2.16. The first-order chi connectivity index (χ1) is 10.4. The third kappa shape index (κ3) is 3.30. The van der Waals surface area contributed by atoms with Gasteiger partial charge in [-0.2, -0.15) is 0 Å². The van der Waals surface area contributed by atoms with Gasteiger partial charge < -0.3 is 10.3 Å². The summed E-state index contributed by atoms with van der Waals surface area (Å²) in [4.78, 5) is 38.4. The number of halogens is 1. The molecule has 0 atom stereocenters. The molecule has 6 nitrogen and oxygen atoms in total. The Kier molecular flexibility index (Phi) is 4.55. The van der Waals surface area contributed by atoms with Crippen LogP contribution in [0.15, 0.2) is 40.1 Å². The first-order valence-corrected chi connectivity index (χ1v) is 6.77. The number of aromatic amines is 1. The van der Waals surface area contributed by atoms with Crippen LogP contribution < -0.4 is 16.6 Å². The number of hydrogen-bond acceptors (Lipinski definition) is 3. The molecule has 116 valence electrons. The van der Waals surface area contributed by atoms with Crippen molar-refractivity contribution in [1.82, 2.24) is 14.9 Å². The van der Waals surface area contributed by atoms with E-state index in [2.05, 4.69) is 10.3 Å². The van der Waals surface area contributed by atoms with Crippen LogP contribution in [0.1, 0.15) is 29.8 Å². The zero-order valence-electron chi connectivity index (χ0n) is 12.2. The van der Waals surface area contributed by atoms with Crippen LogP contribution in [0.3, 0.4) is 0 Å². The Morgan fingerprint density at radius 2 is 2.00 bits per heavy atom. The fourth-order valence-electron chi connectivity index (χ4n) is 1.95. The summed E-state index contributed by atoms with van der Waals surface area (Å²) in [7, 11) is 0. The highest BCUT2D eigenvalue weighted by Crippen LogP contribution is 2.06. The highest BCUT2D eigenvalue weighted by atomic mass is 19.1. The van der Waals surface area contributed by atoms with E-state index in [9.17, 15) is 18.8 Å². The predicted molar refractivity (Wildman–Crippen MR) is 79.4 cm³/mol. The van der Waals surface area contributed by atoms with E-state index in [0.717, 1.165) is 10.8 Å². The van der Waals surface area contributed by atoms with Gasteiger partial charge in [0.2, 0.25) is 0 Å². The zero-order valence-corrected chi connectivity index (χ0v) is 12.2. The van der Waals surface area contributed by atoms with E-state index < -0.39 is 23.0 Å². The highest BCUT2D eigenvalue weighted by molar-refractivity contribution is 5.93. The molecule has 2 N–H and O–H groups in total. The third-order valence-corrected chi connectivity index (χ3v) is 3.01. The van der Waals surface area contributed by atoms with Gasteiger partial charge in [0, 0.05) is 17.8 Å². The number of aromatic nitrogens is 2. The van der Waals surface area contributed by atoms with Crippen molar-refractivity contribution in [2.24, 2.45) is 0 Å². The van der Waals surface area contributed by atoms with Crippen LogP contribution in [0.5, 0.6) is 0 Å². The van der Waals surface area contributed by atoms with Crippen molar-refractivity contribution >= 4 is 5.91 Å². The number of benzene rings is 1.